The van der Waals surface area contributed by atoms with Crippen LogP contribution in [0.5, 0.6) is 5.75 Å². The topological polar surface area (TPSA) is 46.5 Å². The van der Waals surface area contributed by atoms with E-state index in [1.165, 1.54) is 36.8 Å². The van der Waals surface area contributed by atoms with Crippen molar-refractivity contribution >= 4 is 5.97 Å². The maximum absolute atomic E-state index is 11.2. The number of fused-ring (bicyclic) bond motifs is 1. The van der Waals surface area contributed by atoms with Gasteiger partial charge < -0.3 is 9.84 Å². The molecule has 0 saturated heterocycles. The normalized spacial score (nSPS) is 22.5. The molecule has 3 nitrogen and oxygen atoms in total. The van der Waals surface area contributed by atoms with Crippen LogP contribution in [0.2, 0.25) is 0 Å². The molecule has 2 aromatic carbocycles. The number of ether oxygens (including phenoxy) is 1. The monoisotopic (exact) mass is 414 g/mol. The van der Waals surface area contributed by atoms with Crippen molar-refractivity contribution in [2.45, 2.75) is 76.2 Å². The van der Waals surface area contributed by atoms with Crippen molar-refractivity contribution < 1.29 is 14.6 Å². The first kappa shape index (κ1) is 20.2. The number of benzene rings is 2. The fraction of sp³-hybridized carbons (Fsp3) is 0.464. The van der Waals surface area contributed by atoms with Crippen molar-refractivity contribution in [1.82, 2.24) is 0 Å². The second-order valence-corrected chi connectivity index (χ2v) is 10.2. The third kappa shape index (κ3) is 4.09. The molecule has 0 amide bonds. The number of hydrogen-bond donors (Lipinski definition) is 1. The van der Waals surface area contributed by atoms with Crippen LogP contribution in [0.4, 0.5) is 0 Å². The second kappa shape index (κ2) is 7.45. The molecule has 0 spiro atoms. The molecule has 2 saturated carbocycles. The van der Waals surface area contributed by atoms with Gasteiger partial charge in [0.2, 0.25) is 0 Å². The molecular formula is C28H30O3. The highest BCUT2D eigenvalue weighted by atomic mass is 16.5. The molecule has 2 atom stereocenters. The molecule has 1 aliphatic heterocycles. The summed E-state index contributed by atoms with van der Waals surface area (Å²) in [5, 5.41) is 9.18. The SMILES string of the molecule is CC(C(=O)O)c1ccc(C#Cc2cc(C3CC3)c3c(c2)C(C)(C)CC(C2CC2)O3)cc1. The molecule has 0 aromatic heterocycles. The van der Waals surface area contributed by atoms with Crippen LogP contribution in [-0.4, -0.2) is 17.2 Å². The Morgan fingerprint density at radius 1 is 1.06 bits per heavy atom. The van der Waals surface area contributed by atoms with E-state index in [9.17, 15) is 9.90 Å². The van der Waals surface area contributed by atoms with Gasteiger partial charge >= 0.3 is 5.97 Å². The smallest absolute Gasteiger partial charge is 0.310 e. The third-order valence-electron chi connectivity index (χ3n) is 7.12. The summed E-state index contributed by atoms with van der Waals surface area (Å²) in [6, 6.07) is 12.0. The summed E-state index contributed by atoms with van der Waals surface area (Å²) in [4.78, 5) is 11.2. The zero-order chi connectivity index (χ0) is 21.8. The molecule has 1 heterocycles. The summed E-state index contributed by atoms with van der Waals surface area (Å²) in [6.07, 6.45) is 6.54. The molecule has 1 N–H and O–H groups in total. The summed E-state index contributed by atoms with van der Waals surface area (Å²) in [5.41, 5.74) is 5.50. The van der Waals surface area contributed by atoms with Crippen molar-refractivity contribution in [3.8, 4) is 17.6 Å². The van der Waals surface area contributed by atoms with Crippen LogP contribution in [0.3, 0.4) is 0 Å². The van der Waals surface area contributed by atoms with Gasteiger partial charge in [0.25, 0.3) is 0 Å². The molecule has 2 unspecified atom stereocenters. The van der Waals surface area contributed by atoms with Gasteiger partial charge in [-0.1, -0.05) is 37.8 Å². The summed E-state index contributed by atoms with van der Waals surface area (Å²) < 4.78 is 6.60. The number of carbonyl (C=O) groups is 1. The van der Waals surface area contributed by atoms with E-state index in [1.54, 1.807) is 6.92 Å². The van der Waals surface area contributed by atoms with Gasteiger partial charge in [-0.05, 0) is 91.7 Å². The van der Waals surface area contributed by atoms with Gasteiger partial charge in [0.05, 0.1) is 5.92 Å². The number of carboxylic acid groups (broad SMARTS) is 1. The average Bonchev–Trinajstić information content (AvgIpc) is 3.63. The van der Waals surface area contributed by atoms with E-state index in [0.717, 1.165) is 34.8 Å². The summed E-state index contributed by atoms with van der Waals surface area (Å²) in [5.74, 6) is 7.82. The molecule has 3 aliphatic rings. The molecule has 0 radical (unpaired) electrons. The highest BCUT2D eigenvalue weighted by molar-refractivity contribution is 5.75. The molecule has 2 aromatic rings. The Balaban J connectivity index is 1.46. The van der Waals surface area contributed by atoms with Crippen LogP contribution in [0.15, 0.2) is 36.4 Å². The minimum Gasteiger partial charge on any atom is -0.490 e. The van der Waals surface area contributed by atoms with Crippen LogP contribution >= 0.6 is 0 Å². The summed E-state index contributed by atoms with van der Waals surface area (Å²) in [7, 11) is 0. The highest BCUT2D eigenvalue weighted by Gasteiger charge is 2.44. The Morgan fingerprint density at radius 3 is 2.35 bits per heavy atom. The van der Waals surface area contributed by atoms with Gasteiger partial charge in [0.1, 0.15) is 11.9 Å². The van der Waals surface area contributed by atoms with Gasteiger partial charge in [-0.25, -0.2) is 0 Å². The molecule has 2 aliphatic carbocycles. The predicted molar refractivity (Wildman–Crippen MR) is 122 cm³/mol. The van der Waals surface area contributed by atoms with Crippen LogP contribution in [0.1, 0.15) is 92.5 Å². The summed E-state index contributed by atoms with van der Waals surface area (Å²) >= 11 is 0. The number of aliphatic carboxylic acids is 1. The predicted octanol–water partition coefficient (Wildman–Crippen LogP) is 5.99. The third-order valence-corrected chi connectivity index (χ3v) is 7.12. The first-order valence-corrected chi connectivity index (χ1v) is 11.5. The van der Waals surface area contributed by atoms with E-state index in [-0.39, 0.29) is 5.41 Å². The Labute approximate surface area is 184 Å². The van der Waals surface area contributed by atoms with Gasteiger partial charge in [-0.3, -0.25) is 4.79 Å². The number of rotatable bonds is 4. The number of carboxylic acids is 1. The molecular weight excluding hydrogens is 384 g/mol. The first-order chi connectivity index (χ1) is 14.8. The van der Waals surface area contributed by atoms with Crippen molar-refractivity contribution in [1.29, 1.82) is 0 Å². The highest BCUT2D eigenvalue weighted by Crippen LogP contribution is 2.53. The van der Waals surface area contributed by atoms with E-state index in [1.807, 2.05) is 24.3 Å². The Hall–Kier alpha value is -2.73. The van der Waals surface area contributed by atoms with Gasteiger partial charge in [-0.2, -0.15) is 0 Å². The van der Waals surface area contributed by atoms with E-state index in [0.29, 0.717) is 12.0 Å². The standard InChI is InChI=1S/C28H30O3/c1-17(27(29)30)20-8-6-18(7-9-20)4-5-19-14-23(21-10-11-21)26-24(15-19)28(2,3)16-25(31-26)22-12-13-22/h6-9,14-15,17,21-22,25H,10-13,16H2,1-3H3,(H,29,30). The zero-order valence-electron chi connectivity index (χ0n) is 18.6. The van der Waals surface area contributed by atoms with Crippen molar-refractivity contribution in [2.24, 2.45) is 5.92 Å². The van der Waals surface area contributed by atoms with E-state index >= 15 is 0 Å². The lowest BCUT2D eigenvalue weighted by Gasteiger charge is -2.39. The van der Waals surface area contributed by atoms with Gasteiger partial charge in [0, 0.05) is 16.7 Å². The quantitative estimate of drug-likeness (QED) is 0.625. The van der Waals surface area contributed by atoms with E-state index in [4.69, 9.17) is 4.74 Å². The molecule has 0 bridgehead atoms. The van der Waals surface area contributed by atoms with Crippen LogP contribution in [0, 0.1) is 17.8 Å². The fourth-order valence-electron chi connectivity index (χ4n) is 4.73. The minimum atomic E-state index is -0.811. The van der Waals surface area contributed by atoms with Crippen molar-refractivity contribution in [2.75, 3.05) is 0 Å². The Kier molecular flexibility index (Phi) is 4.85. The molecule has 2 fully saturated rings. The Bertz CT molecular complexity index is 1080. The minimum absolute atomic E-state index is 0.0940. The lowest BCUT2D eigenvalue weighted by molar-refractivity contribution is -0.138. The molecule has 31 heavy (non-hydrogen) atoms. The van der Waals surface area contributed by atoms with Gasteiger partial charge in [0.15, 0.2) is 0 Å². The lowest BCUT2D eigenvalue weighted by Crippen LogP contribution is -2.36. The van der Waals surface area contributed by atoms with Crippen LogP contribution < -0.4 is 4.74 Å². The first-order valence-electron chi connectivity index (χ1n) is 11.5. The van der Waals surface area contributed by atoms with Gasteiger partial charge in [-0.15, -0.1) is 0 Å². The van der Waals surface area contributed by atoms with Crippen molar-refractivity contribution in [3.05, 3.63) is 64.2 Å². The number of hydrogen-bond acceptors (Lipinski definition) is 2. The maximum atomic E-state index is 11.2. The molecule has 5 rings (SSSR count). The lowest BCUT2D eigenvalue weighted by atomic mass is 9.75. The Morgan fingerprint density at radius 2 is 1.74 bits per heavy atom. The molecule has 160 valence electrons. The largest absolute Gasteiger partial charge is 0.490 e. The van der Waals surface area contributed by atoms with E-state index < -0.39 is 11.9 Å². The zero-order valence-corrected chi connectivity index (χ0v) is 18.6. The maximum Gasteiger partial charge on any atom is 0.310 e. The average molecular weight is 415 g/mol. The van der Waals surface area contributed by atoms with Crippen molar-refractivity contribution in [3.63, 3.8) is 0 Å². The summed E-state index contributed by atoms with van der Waals surface area (Å²) in [6.45, 7) is 6.40. The van der Waals surface area contributed by atoms with Crippen LogP contribution in [-0.2, 0) is 10.2 Å². The molecule has 3 heteroatoms. The van der Waals surface area contributed by atoms with Crippen LogP contribution in [0.25, 0.3) is 0 Å². The fourth-order valence-corrected chi connectivity index (χ4v) is 4.73. The second-order valence-electron chi connectivity index (χ2n) is 10.2. The van der Waals surface area contributed by atoms with E-state index in [2.05, 4.69) is 37.8 Å².